The molecule has 0 aliphatic carbocycles. The van der Waals surface area contributed by atoms with E-state index in [2.05, 4.69) is 29.2 Å². The first-order valence-electron chi connectivity index (χ1n) is 6.91. The summed E-state index contributed by atoms with van der Waals surface area (Å²) in [5.41, 5.74) is 8.06. The normalized spacial score (nSPS) is 12.6. The van der Waals surface area contributed by atoms with Gasteiger partial charge in [0, 0.05) is 19.6 Å². The summed E-state index contributed by atoms with van der Waals surface area (Å²) in [6.07, 6.45) is 0. The zero-order chi connectivity index (χ0) is 14.2. The Morgan fingerprint density at radius 2 is 1.30 bits per heavy atom. The SMILES string of the molecule is NCC(CF)N(Cc1ccccc1)Cc1ccccc1. The zero-order valence-corrected chi connectivity index (χ0v) is 11.6. The summed E-state index contributed by atoms with van der Waals surface area (Å²) in [6, 6.07) is 20.0. The van der Waals surface area contributed by atoms with Gasteiger partial charge in [0.05, 0.1) is 6.04 Å². The van der Waals surface area contributed by atoms with Crippen LogP contribution >= 0.6 is 0 Å². The van der Waals surface area contributed by atoms with E-state index in [9.17, 15) is 4.39 Å². The van der Waals surface area contributed by atoms with Crippen LogP contribution in [0.1, 0.15) is 11.1 Å². The van der Waals surface area contributed by atoms with Crippen LogP contribution in [0.25, 0.3) is 0 Å². The zero-order valence-electron chi connectivity index (χ0n) is 11.6. The van der Waals surface area contributed by atoms with Crippen molar-refractivity contribution in [3.8, 4) is 0 Å². The number of hydrogen-bond acceptors (Lipinski definition) is 2. The van der Waals surface area contributed by atoms with E-state index in [1.54, 1.807) is 0 Å². The molecule has 2 aromatic carbocycles. The van der Waals surface area contributed by atoms with Gasteiger partial charge in [-0.05, 0) is 11.1 Å². The van der Waals surface area contributed by atoms with Gasteiger partial charge in [0.15, 0.2) is 0 Å². The van der Waals surface area contributed by atoms with Gasteiger partial charge in [0.25, 0.3) is 0 Å². The molecule has 0 radical (unpaired) electrons. The molecule has 0 heterocycles. The van der Waals surface area contributed by atoms with Gasteiger partial charge in [-0.15, -0.1) is 0 Å². The molecule has 0 aliphatic heterocycles. The van der Waals surface area contributed by atoms with Crippen LogP contribution in [-0.2, 0) is 13.1 Å². The molecule has 0 spiro atoms. The Balaban J connectivity index is 2.12. The molecule has 2 N–H and O–H groups in total. The monoisotopic (exact) mass is 272 g/mol. The second-order valence-electron chi connectivity index (χ2n) is 4.92. The minimum absolute atomic E-state index is 0.240. The molecule has 2 aromatic rings. The predicted molar refractivity (Wildman–Crippen MR) is 80.9 cm³/mol. The van der Waals surface area contributed by atoms with Crippen molar-refractivity contribution in [2.45, 2.75) is 19.1 Å². The molecular formula is C17H21FN2. The van der Waals surface area contributed by atoms with Gasteiger partial charge < -0.3 is 5.73 Å². The fourth-order valence-corrected chi connectivity index (χ4v) is 2.26. The highest BCUT2D eigenvalue weighted by Crippen LogP contribution is 2.13. The van der Waals surface area contributed by atoms with Crippen molar-refractivity contribution in [2.24, 2.45) is 5.73 Å². The van der Waals surface area contributed by atoms with Crippen molar-refractivity contribution in [1.82, 2.24) is 4.90 Å². The van der Waals surface area contributed by atoms with Crippen molar-refractivity contribution >= 4 is 0 Å². The van der Waals surface area contributed by atoms with E-state index in [-0.39, 0.29) is 6.04 Å². The minimum atomic E-state index is -0.420. The lowest BCUT2D eigenvalue weighted by molar-refractivity contribution is 0.153. The van der Waals surface area contributed by atoms with Crippen LogP contribution in [-0.4, -0.2) is 24.2 Å². The van der Waals surface area contributed by atoms with Crippen molar-refractivity contribution in [1.29, 1.82) is 0 Å². The Labute approximate surface area is 120 Å². The molecule has 0 fully saturated rings. The van der Waals surface area contributed by atoms with Crippen LogP contribution < -0.4 is 5.73 Å². The fraction of sp³-hybridized carbons (Fsp3) is 0.294. The Bertz CT molecular complexity index is 441. The van der Waals surface area contributed by atoms with E-state index in [0.717, 1.165) is 0 Å². The van der Waals surface area contributed by atoms with E-state index in [4.69, 9.17) is 5.73 Å². The molecule has 0 aromatic heterocycles. The van der Waals surface area contributed by atoms with Gasteiger partial charge in [0.2, 0.25) is 0 Å². The summed E-state index contributed by atoms with van der Waals surface area (Å²) >= 11 is 0. The third kappa shape index (κ3) is 4.15. The lowest BCUT2D eigenvalue weighted by Crippen LogP contribution is -2.41. The number of benzene rings is 2. The van der Waals surface area contributed by atoms with Gasteiger partial charge in [-0.25, -0.2) is 4.39 Å². The average molecular weight is 272 g/mol. The lowest BCUT2D eigenvalue weighted by Gasteiger charge is -2.29. The lowest BCUT2D eigenvalue weighted by atomic mass is 10.1. The number of nitrogens with two attached hydrogens (primary N) is 1. The van der Waals surface area contributed by atoms with Crippen LogP contribution in [0.5, 0.6) is 0 Å². The fourth-order valence-electron chi connectivity index (χ4n) is 2.26. The van der Waals surface area contributed by atoms with E-state index in [1.165, 1.54) is 11.1 Å². The maximum Gasteiger partial charge on any atom is 0.106 e. The second-order valence-corrected chi connectivity index (χ2v) is 4.92. The molecule has 2 nitrogen and oxygen atoms in total. The van der Waals surface area contributed by atoms with Gasteiger partial charge in [-0.3, -0.25) is 4.90 Å². The summed E-state index contributed by atoms with van der Waals surface area (Å²) in [7, 11) is 0. The molecule has 0 amide bonds. The molecule has 0 bridgehead atoms. The smallest absolute Gasteiger partial charge is 0.106 e. The number of halogens is 1. The third-order valence-electron chi connectivity index (χ3n) is 3.42. The van der Waals surface area contributed by atoms with Crippen molar-refractivity contribution in [3.05, 3.63) is 71.8 Å². The van der Waals surface area contributed by atoms with E-state index >= 15 is 0 Å². The van der Waals surface area contributed by atoms with E-state index in [1.807, 2.05) is 36.4 Å². The molecular weight excluding hydrogens is 251 g/mol. The molecule has 0 aliphatic rings. The number of alkyl halides is 1. The highest BCUT2D eigenvalue weighted by Gasteiger charge is 2.17. The van der Waals surface area contributed by atoms with Crippen molar-refractivity contribution in [2.75, 3.05) is 13.2 Å². The summed E-state index contributed by atoms with van der Waals surface area (Å²) in [6.45, 7) is 1.33. The van der Waals surface area contributed by atoms with E-state index < -0.39 is 6.67 Å². The number of nitrogens with zero attached hydrogens (tertiary/aromatic N) is 1. The summed E-state index contributed by atoms with van der Waals surface area (Å²) in [4.78, 5) is 2.10. The molecule has 3 heteroatoms. The topological polar surface area (TPSA) is 29.3 Å². The second kappa shape index (κ2) is 7.78. The van der Waals surface area contributed by atoms with Gasteiger partial charge in [0.1, 0.15) is 6.67 Å². The maximum atomic E-state index is 13.2. The Morgan fingerprint density at radius 1 is 0.850 bits per heavy atom. The first kappa shape index (κ1) is 14.7. The molecule has 1 atom stereocenters. The largest absolute Gasteiger partial charge is 0.329 e. The molecule has 0 saturated heterocycles. The average Bonchev–Trinajstić information content (AvgIpc) is 2.50. The Kier molecular flexibility index (Phi) is 5.71. The molecule has 2 rings (SSSR count). The summed E-state index contributed by atoms with van der Waals surface area (Å²) in [5, 5.41) is 0. The van der Waals surface area contributed by atoms with Crippen LogP contribution in [0.15, 0.2) is 60.7 Å². The first-order valence-corrected chi connectivity index (χ1v) is 6.91. The highest BCUT2D eigenvalue weighted by molar-refractivity contribution is 5.17. The van der Waals surface area contributed by atoms with Gasteiger partial charge >= 0.3 is 0 Å². The van der Waals surface area contributed by atoms with Crippen LogP contribution in [0.2, 0.25) is 0 Å². The summed E-state index contributed by atoms with van der Waals surface area (Å²) < 4.78 is 13.2. The van der Waals surface area contributed by atoms with Crippen molar-refractivity contribution in [3.63, 3.8) is 0 Å². The van der Waals surface area contributed by atoms with Crippen LogP contribution in [0, 0.1) is 0 Å². The maximum absolute atomic E-state index is 13.2. The Morgan fingerprint density at radius 3 is 1.65 bits per heavy atom. The standard InChI is InChI=1S/C17H21FN2/c18-11-17(12-19)20(13-15-7-3-1-4-8-15)14-16-9-5-2-6-10-16/h1-10,17H,11-14,19H2. The molecule has 106 valence electrons. The Hall–Kier alpha value is -1.71. The third-order valence-corrected chi connectivity index (χ3v) is 3.42. The summed E-state index contributed by atoms with van der Waals surface area (Å²) in [5.74, 6) is 0. The number of hydrogen-bond donors (Lipinski definition) is 1. The van der Waals surface area contributed by atoms with E-state index in [0.29, 0.717) is 19.6 Å². The van der Waals surface area contributed by atoms with Gasteiger partial charge in [-0.1, -0.05) is 60.7 Å². The molecule has 0 saturated carbocycles. The first-order chi connectivity index (χ1) is 9.83. The highest BCUT2D eigenvalue weighted by atomic mass is 19.1. The minimum Gasteiger partial charge on any atom is -0.329 e. The predicted octanol–water partition coefficient (Wildman–Crippen LogP) is 2.99. The van der Waals surface area contributed by atoms with Gasteiger partial charge in [-0.2, -0.15) is 0 Å². The number of rotatable bonds is 7. The van der Waals surface area contributed by atoms with Crippen molar-refractivity contribution < 1.29 is 4.39 Å². The molecule has 20 heavy (non-hydrogen) atoms. The molecule has 1 unspecified atom stereocenters. The van der Waals surface area contributed by atoms with Crippen LogP contribution in [0.3, 0.4) is 0 Å². The quantitative estimate of drug-likeness (QED) is 0.839. The van der Waals surface area contributed by atoms with Crippen LogP contribution in [0.4, 0.5) is 4.39 Å².